The Kier molecular flexibility index (Phi) is 3.55. The predicted octanol–water partition coefficient (Wildman–Crippen LogP) is 4.01. The second kappa shape index (κ2) is 5.99. The summed E-state index contributed by atoms with van der Waals surface area (Å²) in [5, 5.41) is 3.13. The van der Waals surface area contributed by atoms with Crippen LogP contribution in [0.4, 0.5) is 0 Å². The molecule has 0 bridgehead atoms. The van der Waals surface area contributed by atoms with Crippen molar-refractivity contribution in [2.45, 2.75) is 6.92 Å². The first-order valence-electron chi connectivity index (χ1n) is 9.05. The third-order valence-corrected chi connectivity index (χ3v) is 5.18. The zero-order chi connectivity index (χ0) is 19.4. The van der Waals surface area contributed by atoms with Gasteiger partial charge in [-0.1, -0.05) is 0 Å². The van der Waals surface area contributed by atoms with Gasteiger partial charge < -0.3 is 14.2 Å². The van der Waals surface area contributed by atoms with Gasteiger partial charge in [0, 0.05) is 22.4 Å². The molecule has 0 fully saturated rings. The van der Waals surface area contributed by atoms with Gasteiger partial charge in [0.1, 0.15) is 5.75 Å². The van der Waals surface area contributed by atoms with Gasteiger partial charge in [0.15, 0.2) is 11.5 Å². The average Bonchev–Trinajstić information content (AvgIpc) is 3.06. The van der Waals surface area contributed by atoms with Gasteiger partial charge in [-0.15, -0.1) is 0 Å². The Balaban J connectivity index is 2.07. The molecule has 0 atom stereocenters. The number of rotatable bonds is 4. The number of fused-ring (bicyclic) bond motifs is 5. The molecule has 28 heavy (non-hydrogen) atoms. The summed E-state index contributed by atoms with van der Waals surface area (Å²) in [7, 11) is 3.10. The topological polar surface area (TPSA) is 62.1 Å². The molecular weight excluding hydrogens is 356 g/mol. The highest BCUT2D eigenvalue weighted by Gasteiger charge is 2.22. The number of aromatic nitrogens is 2. The minimum atomic E-state index is -0.157. The van der Waals surface area contributed by atoms with Crippen LogP contribution in [0.25, 0.3) is 38.1 Å². The van der Waals surface area contributed by atoms with Crippen molar-refractivity contribution >= 4 is 38.1 Å². The van der Waals surface area contributed by atoms with E-state index in [0.29, 0.717) is 23.5 Å². The maximum atomic E-state index is 13.6. The van der Waals surface area contributed by atoms with Crippen molar-refractivity contribution in [2.24, 2.45) is 0 Å². The lowest BCUT2D eigenvalue weighted by atomic mass is 10.1. The molecule has 3 aromatic heterocycles. The minimum Gasteiger partial charge on any atom is -0.494 e. The van der Waals surface area contributed by atoms with E-state index < -0.39 is 0 Å². The molecule has 0 aliphatic heterocycles. The lowest BCUT2D eigenvalue weighted by molar-refractivity contribution is 0.341. The first-order chi connectivity index (χ1) is 13.7. The number of ether oxygens (including phenoxy) is 3. The third-order valence-electron chi connectivity index (χ3n) is 5.18. The molecule has 0 saturated heterocycles. The summed E-state index contributed by atoms with van der Waals surface area (Å²) < 4.78 is 18.3. The van der Waals surface area contributed by atoms with Crippen molar-refractivity contribution in [2.75, 3.05) is 20.8 Å². The van der Waals surface area contributed by atoms with Crippen LogP contribution < -0.4 is 19.8 Å². The average molecular weight is 374 g/mol. The van der Waals surface area contributed by atoms with E-state index in [4.69, 9.17) is 14.2 Å². The van der Waals surface area contributed by atoms with Crippen molar-refractivity contribution in [1.29, 1.82) is 0 Å². The molecule has 0 spiro atoms. The number of pyridine rings is 2. The van der Waals surface area contributed by atoms with E-state index in [9.17, 15) is 4.79 Å². The third kappa shape index (κ3) is 2.03. The van der Waals surface area contributed by atoms with E-state index in [2.05, 4.69) is 4.98 Å². The van der Waals surface area contributed by atoms with Crippen molar-refractivity contribution < 1.29 is 14.2 Å². The zero-order valence-corrected chi connectivity index (χ0v) is 15.8. The number of benzene rings is 2. The summed E-state index contributed by atoms with van der Waals surface area (Å²) in [5.41, 5.74) is 2.21. The maximum absolute atomic E-state index is 13.6. The highest BCUT2D eigenvalue weighted by atomic mass is 16.5. The first-order valence-corrected chi connectivity index (χ1v) is 9.05. The summed E-state index contributed by atoms with van der Waals surface area (Å²) >= 11 is 0. The van der Waals surface area contributed by atoms with Crippen LogP contribution in [0.1, 0.15) is 6.92 Å². The Labute approximate surface area is 160 Å². The standard InChI is InChI=1S/C22H18N2O4/c1-4-28-12-5-7-16-15(11-12)13-9-10-23-19-14-6-8-17(26-2)21(27-3)18(14)22(25)24(16)20(13)19/h5-11H,4H2,1-3H3. The molecule has 0 unspecified atom stereocenters. The number of nitrogens with zero attached hydrogens (tertiary/aromatic N) is 2. The van der Waals surface area contributed by atoms with Gasteiger partial charge in [0.2, 0.25) is 0 Å². The number of hydrogen-bond acceptors (Lipinski definition) is 5. The van der Waals surface area contributed by atoms with Gasteiger partial charge in [0.05, 0.1) is 42.8 Å². The molecule has 2 aromatic carbocycles. The highest BCUT2D eigenvalue weighted by molar-refractivity contribution is 6.19. The molecule has 140 valence electrons. The lowest BCUT2D eigenvalue weighted by Crippen LogP contribution is -2.14. The van der Waals surface area contributed by atoms with Crippen molar-refractivity contribution in [3.63, 3.8) is 0 Å². The van der Waals surface area contributed by atoms with Gasteiger partial charge >= 0.3 is 0 Å². The normalized spacial score (nSPS) is 11.7. The molecule has 3 heterocycles. The van der Waals surface area contributed by atoms with E-state index in [-0.39, 0.29) is 5.56 Å². The molecule has 0 aliphatic rings. The van der Waals surface area contributed by atoms with Gasteiger partial charge in [0.25, 0.3) is 5.56 Å². The molecule has 0 N–H and O–H groups in total. The minimum absolute atomic E-state index is 0.157. The molecule has 0 amide bonds. The Morgan fingerprint density at radius 2 is 1.86 bits per heavy atom. The Morgan fingerprint density at radius 3 is 2.61 bits per heavy atom. The summed E-state index contributed by atoms with van der Waals surface area (Å²) in [6, 6.07) is 11.4. The fraction of sp³-hybridized carbons (Fsp3) is 0.182. The largest absolute Gasteiger partial charge is 0.494 e. The molecule has 6 heteroatoms. The fourth-order valence-corrected chi connectivity index (χ4v) is 4.06. The summed E-state index contributed by atoms with van der Waals surface area (Å²) in [6.07, 6.45) is 1.77. The van der Waals surface area contributed by atoms with E-state index in [1.165, 1.54) is 7.11 Å². The van der Waals surface area contributed by atoms with Crippen molar-refractivity contribution in [3.8, 4) is 17.2 Å². The highest BCUT2D eigenvalue weighted by Crippen LogP contribution is 2.39. The first kappa shape index (κ1) is 16.6. The van der Waals surface area contributed by atoms with Crippen molar-refractivity contribution in [3.05, 3.63) is 52.9 Å². The van der Waals surface area contributed by atoms with E-state index in [1.54, 1.807) is 23.8 Å². The molecule has 6 nitrogen and oxygen atoms in total. The van der Waals surface area contributed by atoms with E-state index in [0.717, 1.165) is 38.5 Å². The lowest BCUT2D eigenvalue weighted by Gasteiger charge is -2.12. The van der Waals surface area contributed by atoms with Crippen LogP contribution in [-0.4, -0.2) is 30.2 Å². The molecular formula is C22H18N2O4. The quantitative estimate of drug-likeness (QED) is 0.445. The van der Waals surface area contributed by atoms with Crippen LogP contribution >= 0.6 is 0 Å². The van der Waals surface area contributed by atoms with Gasteiger partial charge in [-0.3, -0.25) is 14.2 Å². The van der Waals surface area contributed by atoms with E-state index in [1.807, 2.05) is 37.3 Å². The predicted molar refractivity (Wildman–Crippen MR) is 109 cm³/mol. The Hall–Kier alpha value is -3.54. The van der Waals surface area contributed by atoms with Crippen molar-refractivity contribution in [1.82, 2.24) is 9.38 Å². The maximum Gasteiger partial charge on any atom is 0.267 e. The second-order valence-corrected chi connectivity index (χ2v) is 6.53. The summed E-state index contributed by atoms with van der Waals surface area (Å²) in [4.78, 5) is 18.2. The van der Waals surface area contributed by atoms with E-state index >= 15 is 0 Å². The molecule has 0 aliphatic carbocycles. The van der Waals surface area contributed by atoms with Gasteiger partial charge in [-0.25, -0.2) is 0 Å². The van der Waals surface area contributed by atoms with Crippen LogP contribution in [-0.2, 0) is 0 Å². The Bertz CT molecular complexity index is 1420. The SMILES string of the molecule is CCOc1ccc2c(c1)c1ccnc3c4ccc(OC)c(OC)c4c(=O)n2c13. The molecule has 5 aromatic rings. The van der Waals surface area contributed by atoms with Gasteiger partial charge in [-0.05, 0) is 43.3 Å². The monoisotopic (exact) mass is 374 g/mol. The molecule has 0 saturated carbocycles. The number of hydrogen-bond donors (Lipinski definition) is 0. The van der Waals surface area contributed by atoms with Crippen LogP contribution in [0.2, 0.25) is 0 Å². The van der Waals surface area contributed by atoms with Crippen LogP contribution in [0, 0.1) is 0 Å². The van der Waals surface area contributed by atoms with Crippen LogP contribution in [0.5, 0.6) is 17.2 Å². The summed E-state index contributed by atoms with van der Waals surface area (Å²) in [5.74, 6) is 1.71. The molecule has 5 rings (SSSR count). The Morgan fingerprint density at radius 1 is 1.00 bits per heavy atom. The summed E-state index contributed by atoms with van der Waals surface area (Å²) in [6.45, 7) is 2.53. The molecule has 0 radical (unpaired) electrons. The zero-order valence-electron chi connectivity index (χ0n) is 15.8. The fourth-order valence-electron chi connectivity index (χ4n) is 4.06. The van der Waals surface area contributed by atoms with Crippen LogP contribution in [0.15, 0.2) is 47.4 Å². The van der Waals surface area contributed by atoms with Crippen LogP contribution in [0.3, 0.4) is 0 Å². The number of methoxy groups -OCH3 is 2. The smallest absolute Gasteiger partial charge is 0.267 e. The second-order valence-electron chi connectivity index (χ2n) is 6.53. The van der Waals surface area contributed by atoms with Gasteiger partial charge in [-0.2, -0.15) is 0 Å².